The summed E-state index contributed by atoms with van der Waals surface area (Å²) in [6, 6.07) is 9.35. The number of non-ortho nitro benzene ring substituents is 1. The molecule has 0 aromatic heterocycles. The summed E-state index contributed by atoms with van der Waals surface area (Å²) in [7, 11) is -3.85. The molecule has 2 N–H and O–H groups in total. The molecular formula is C21H24N4O5S. The van der Waals surface area contributed by atoms with Gasteiger partial charge in [0, 0.05) is 43.4 Å². The second-order valence-corrected chi connectivity index (χ2v) is 9.79. The quantitative estimate of drug-likeness (QED) is 0.520. The third-order valence-corrected chi connectivity index (χ3v) is 7.69. The molecule has 1 saturated heterocycles. The summed E-state index contributed by atoms with van der Waals surface area (Å²) < 4.78 is 27.8. The van der Waals surface area contributed by atoms with Crippen LogP contribution < -0.4 is 10.6 Å². The van der Waals surface area contributed by atoms with Gasteiger partial charge in [-0.15, -0.1) is 0 Å². The first-order valence-corrected chi connectivity index (χ1v) is 11.7. The van der Waals surface area contributed by atoms with Crippen LogP contribution in [0, 0.1) is 10.1 Å². The van der Waals surface area contributed by atoms with E-state index in [2.05, 4.69) is 10.6 Å². The summed E-state index contributed by atoms with van der Waals surface area (Å²) in [5, 5.41) is 17.3. The number of nitrogens with zero attached hydrogens (tertiary/aromatic N) is 2. The van der Waals surface area contributed by atoms with E-state index in [4.69, 9.17) is 0 Å². The van der Waals surface area contributed by atoms with E-state index in [0.717, 1.165) is 35.7 Å². The van der Waals surface area contributed by atoms with E-state index in [1.165, 1.54) is 16.4 Å². The monoisotopic (exact) mass is 444 g/mol. The van der Waals surface area contributed by atoms with Crippen molar-refractivity contribution in [1.29, 1.82) is 0 Å². The number of anilines is 2. The first-order valence-electron chi connectivity index (χ1n) is 10.2. The van der Waals surface area contributed by atoms with Gasteiger partial charge in [-0.1, -0.05) is 12.1 Å². The smallest absolute Gasteiger partial charge is 0.270 e. The van der Waals surface area contributed by atoms with Crippen molar-refractivity contribution >= 4 is 33.0 Å². The lowest BCUT2D eigenvalue weighted by atomic mass is 9.97. The minimum atomic E-state index is -3.85. The number of sulfonamides is 1. The number of carbonyl (C=O) groups is 1. The maximum atomic E-state index is 13.2. The topological polar surface area (TPSA) is 122 Å². The van der Waals surface area contributed by atoms with E-state index in [1.54, 1.807) is 0 Å². The van der Waals surface area contributed by atoms with Crippen molar-refractivity contribution in [3.8, 4) is 0 Å². The highest BCUT2D eigenvalue weighted by Gasteiger charge is 2.31. The lowest BCUT2D eigenvalue weighted by molar-refractivity contribution is -0.385. The zero-order chi connectivity index (χ0) is 22.2. The Labute approximate surface area is 180 Å². The van der Waals surface area contributed by atoms with Gasteiger partial charge in [0.15, 0.2) is 0 Å². The molecule has 1 fully saturated rings. The zero-order valence-corrected chi connectivity index (χ0v) is 17.9. The number of nitro groups is 1. The second kappa shape index (κ2) is 8.27. The van der Waals surface area contributed by atoms with Gasteiger partial charge >= 0.3 is 0 Å². The summed E-state index contributed by atoms with van der Waals surface area (Å²) in [5.41, 5.74) is 2.81. The summed E-state index contributed by atoms with van der Waals surface area (Å²) >= 11 is 0. The Bertz CT molecular complexity index is 1140. The average Bonchev–Trinajstić information content (AvgIpc) is 3.29. The number of nitrogens with one attached hydrogen (secondary N) is 2. The minimum Gasteiger partial charge on any atom is -0.377 e. The fraction of sp³-hybridized carbons (Fsp3) is 0.381. The molecule has 9 nitrogen and oxygen atoms in total. The van der Waals surface area contributed by atoms with Gasteiger partial charge in [-0.3, -0.25) is 14.9 Å². The maximum Gasteiger partial charge on any atom is 0.270 e. The number of carbonyl (C=O) groups excluding carboxylic acids is 1. The zero-order valence-electron chi connectivity index (χ0n) is 17.1. The normalized spacial score (nSPS) is 17.6. The maximum absolute atomic E-state index is 13.2. The van der Waals surface area contributed by atoms with E-state index in [-0.39, 0.29) is 22.5 Å². The fourth-order valence-electron chi connectivity index (χ4n) is 4.01. The SMILES string of the molecule is C[C@H](Nc1ccc([N+](=O)[O-])cc1S(=O)(=O)N1CCCC1)c1ccc2c(c1)CCC(=O)N2. The van der Waals surface area contributed by atoms with E-state index in [9.17, 15) is 23.3 Å². The number of amides is 1. The number of hydrogen-bond acceptors (Lipinski definition) is 6. The van der Waals surface area contributed by atoms with Crippen molar-refractivity contribution in [3.63, 3.8) is 0 Å². The molecule has 2 aromatic rings. The van der Waals surface area contributed by atoms with Crippen LogP contribution in [0.2, 0.25) is 0 Å². The molecule has 0 spiro atoms. The Kier molecular flexibility index (Phi) is 5.67. The molecule has 1 amide bonds. The van der Waals surface area contributed by atoms with Crippen LogP contribution in [0.1, 0.15) is 43.4 Å². The van der Waals surface area contributed by atoms with Gasteiger partial charge in [0.05, 0.1) is 10.6 Å². The molecule has 0 radical (unpaired) electrons. The molecule has 10 heteroatoms. The molecule has 164 valence electrons. The predicted molar refractivity (Wildman–Crippen MR) is 117 cm³/mol. The first kappa shape index (κ1) is 21.3. The summed E-state index contributed by atoms with van der Waals surface area (Å²) in [4.78, 5) is 22.2. The lowest BCUT2D eigenvalue weighted by Crippen LogP contribution is -2.28. The van der Waals surface area contributed by atoms with E-state index in [1.807, 2.05) is 25.1 Å². The molecule has 1 atom stereocenters. The van der Waals surface area contributed by atoms with Gasteiger partial charge in [-0.2, -0.15) is 4.31 Å². The van der Waals surface area contributed by atoms with E-state index in [0.29, 0.717) is 31.6 Å². The number of nitro benzene ring substituents is 1. The molecule has 2 aliphatic heterocycles. The van der Waals surface area contributed by atoms with Crippen LogP contribution in [0.25, 0.3) is 0 Å². The van der Waals surface area contributed by atoms with Crippen LogP contribution in [0.5, 0.6) is 0 Å². The molecule has 31 heavy (non-hydrogen) atoms. The molecule has 2 aromatic carbocycles. The van der Waals surface area contributed by atoms with Crippen LogP contribution in [-0.2, 0) is 21.2 Å². The predicted octanol–water partition coefficient (Wildman–Crippen LogP) is 3.44. The molecule has 2 heterocycles. The van der Waals surface area contributed by atoms with Gasteiger partial charge in [0.25, 0.3) is 5.69 Å². The largest absolute Gasteiger partial charge is 0.377 e. The molecule has 0 unspecified atom stereocenters. The number of aryl methyl sites for hydroxylation is 1. The van der Waals surface area contributed by atoms with Gasteiger partial charge < -0.3 is 10.6 Å². The first-order chi connectivity index (χ1) is 14.8. The summed E-state index contributed by atoms with van der Waals surface area (Å²) in [6.07, 6.45) is 2.63. The van der Waals surface area contributed by atoms with Crippen LogP contribution in [0.3, 0.4) is 0 Å². The molecular weight excluding hydrogens is 420 g/mol. The Morgan fingerprint density at radius 3 is 2.58 bits per heavy atom. The number of rotatable bonds is 6. The van der Waals surface area contributed by atoms with Gasteiger partial charge in [0.1, 0.15) is 4.90 Å². The van der Waals surface area contributed by atoms with Crippen molar-refractivity contribution in [1.82, 2.24) is 4.31 Å². The van der Waals surface area contributed by atoms with Crippen LogP contribution in [0.15, 0.2) is 41.3 Å². The third-order valence-electron chi connectivity index (χ3n) is 5.76. The van der Waals surface area contributed by atoms with Crippen molar-refractivity contribution in [3.05, 3.63) is 57.6 Å². The van der Waals surface area contributed by atoms with Gasteiger partial charge in [-0.05, 0) is 49.4 Å². The van der Waals surface area contributed by atoms with Crippen molar-refractivity contribution in [2.24, 2.45) is 0 Å². The second-order valence-electron chi connectivity index (χ2n) is 7.88. The van der Waals surface area contributed by atoms with Crippen molar-refractivity contribution in [2.75, 3.05) is 23.7 Å². The summed E-state index contributed by atoms with van der Waals surface area (Å²) in [6.45, 7) is 2.73. The van der Waals surface area contributed by atoms with Crippen molar-refractivity contribution in [2.45, 2.75) is 43.5 Å². The lowest BCUT2D eigenvalue weighted by Gasteiger charge is -2.23. The Balaban J connectivity index is 1.66. The average molecular weight is 445 g/mol. The van der Waals surface area contributed by atoms with Crippen LogP contribution in [0.4, 0.5) is 17.1 Å². The van der Waals surface area contributed by atoms with Gasteiger partial charge in [0.2, 0.25) is 15.9 Å². The highest BCUT2D eigenvalue weighted by molar-refractivity contribution is 7.89. The molecule has 2 aliphatic rings. The third kappa shape index (κ3) is 4.26. The Morgan fingerprint density at radius 2 is 1.87 bits per heavy atom. The number of hydrogen-bond donors (Lipinski definition) is 2. The highest BCUT2D eigenvalue weighted by Crippen LogP contribution is 2.34. The van der Waals surface area contributed by atoms with Crippen molar-refractivity contribution < 1.29 is 18.1 Å². The molecule has 0 aliphatic carbocycles. The van der Waals surface area contributed by atoms with Crippen LogP contribution >= 0.6 is 0 Å². The molecule has 0 saturated carbocycles. The number of fused-ring (bicyclic) bond motifs is 1. The summed E-state index contributed by atoms with van der Waals surface area (Å²) in [5.74, 6) is -0.00550. The molecule has 0 bridgehead atoms. The van der Waals surface area contributed by atoms with Crippen LogP contribution in [-0.4, -0.2) is 36.6 Å². The van der Waals surface area contributed by atoms with Gasteiger partial charge in [-0.25, -0.2) is 8.42 Å². The Hall–Kier alpha value is -2.98. The van der Waals surface area contributed by atoms with E-state index >= 15 is 0 Å². The fourth-order valence-corrected chi connectivity index (χ4v) is 5.71. The number of benzene rings is 2. The minimum absolute atomic E-state index is 0.00550. The standard InChI is InChI=1S/C21H24N4O5S/c1-14(15-4-7-18-16(12-15)5-9-21(26)23-18)22-19-8-6-17(25(27)28)13-20(19)31(29,30)24-10-2-3-11-24/h4,6-8,12-14,22H,2-3,5,9-11H2,1H3,(H,23,26)/t14-/m0/s1. The Morgan fingerprint density at radius 1 is 1.13 bits per heavy atom. The highest BCUT2D eigenvalue weighted by atomic mass is 32.2. The molecule has 4 rings (SSSR count). The van der Waals surface area contributed by atoms with E-state index < -0.39 is 14.9 Å².